The highest BCUT2D eigenvalue weighted by Crippen LogP contribution is 2.08. The molecule has 19 heavy (non-hydrogen) atoms. The van der Waals surface area contributed by atoms with Gasteiger partial charge in [-0.15, -0.1) is 0 Å². The molecule has 7 heteroatoms. The lowest BCUT2D eigenvalue weighted by molar-refractivity contribution is 0.565. The minimum absolute atomic E-state index is 0.819. The Morgan fingerprint density at radius 1 is 1.11 bits per heavy atom. The zero-order valence-electron chi connectivity index (χ0n) is 10.3. The average molecular weight is 255 g/mol. The molecule has 0 saturated heterocycles. The number of aromatic nitrogens is 7. The summed E-state index contributed by atoms with van der Waals surface area (Å²) in [4.78, 5) is 12.3. The monoisotopic (exact) mass is 255 g/mol. The fraction of sp³-hybridized carbons (Fsp3) is 0.250. The molecule has 0 radical (unpaired) electrons. The molecule has 0 saturated carbocycles. The minimum atomic E-state index is 0.819. The summed E-state index contributed by atoms with van der Waals surface area (Å²) in [5, 5.41) is 8.30. The van der Waals surface area contributed by atoms with Crippen molar-refractivity contribution in [1.29, 1.82) is 0 Å². The second kappa shape index (κ2) is 5.38. The summed E-state index contributed by atoms with van der Waals surface area (Å²) < 4.78 is 3.62. The maximum Gasteiger partial charge on any atom is 0.138 e. The first-order valence-corrected chi connectivity index (χ1v) is 6.05. The van der Waals surface area contributed by atoms with Crippen molar-refractivity contribution in [2.24, 2.45) is 0 Å². The highest BCUT2D eigenvalue weighted by molar-refractivity contribution is 5.27. The SMILES string of the molecule is c1cncc(-n2ncnc2CCCn2cncn2)c1. The van der Waals surface area contributed by atoms with Gasteiger partial charge in [-0.3, -0.25) is 9.67 Å². The molecule has 0 aliphatic heterocycles. The van der Waals surface area contributed by atoms with E-state index in [0.29, 0.717) is 0 Å². The van der Waals surface area contributed by atoms with E-state index in [-0.39, 0.29) is 0 Å². The van der Waals surface area contributed by atoms with E-state index in [1.807, 2.05) is 21.5 Å². The van der Waals surface area contributed by atoms with Gasteiger partial charge in [0.2, 0.25) is 0 Å². The standard InChI is InChI=1S/C12H13N7/c1-3-11(7-13-5-1)19-12(15-9-17-19)4-2-6-18-10-14-8-16-18/h1,3,5,7-10H,2,4,6H2. The van der Waals surface area contributed by atoms with E-state index in [0.717, 1.165) is 30.9 Å². The van der Waals surface area contributed by atoms with Crippen LogP contribution in [-0.4, -0.2) is 34.5 Å². The van der Waals surface area contributed by atoms with Crippen molar-refractivity contribution < 1.29 is 0 Å². The van der Waals surface area contributed by atoms with Crippen LogP contribution in [0.2, 0.25) is 0 Å². The second-order valence-electron chi connectivity index (χ2n) is 4.06. The molecule has 0 amide bonds. The van der Waals surface area contributed by atoms with Gasteiger partial charge in [0.1, 0.15) is 24.8 Å². The van der Waals surface area contributed by atoms with Crippen molar-refractivity contribution in [3.63, 3.8) is 0 Å². The molecule has 0 atom stereocenters. The molecule has 0 aromatic carbocycles. The maximum atomic E-state index is 4.29. The Morgan fingerprint density at radius 3 is 2.89 bits per heavy atom. The van der Waals surface area contributed by atoms with Gasteiger partial charge in [-0.2, -0.15) is 10.2 Å². The van der Waals surface area contributed by atoms with Crippen LogP contribution in [0.3, 0.4) is 0 Å². The Labute approximate surface area is 110 Å². The van der Waals surface area contributed by atoms with E-state index in [1.54, 1.807) is 25.0 Å². The van der Waals surface area contributed by atoms with E-state index in [2.05, 4.69) is 25.1 Å². The van der Waals surface area contributed by atoms with Crippen molar-refractivity contribution >= 4 is 0 Å². The summed E-state index contributed by atoms with van der Waals surface area (Å²) in [6.45, 7) is 0.819. The van der Waals surface area contributed by atoms with Crippen LogP contribution >= 0.6 is 0 Å². The molecule has 0 fully saturated rings. The van der Waals surface area contributed by atoms with Crippen LogP contribution in [-0.2, 0) is 13.0 Å². The van der Waals surface area contributed by atoms with Gasteiger partial charge in [0.15, 0.2) is 0 Å². The first kappa shape index (κ1) is 11.5. The van der Waals surface area contributed by atoms with Crippen LogP contribution in [0.15, 0.2) is 43.5 Å². The van der Waals surface area contributed by atoms with Crippen molar-refractivity contribution in [1.82, 2.24) is 34.5 Å². The minimum Gasteiger partial charge on any atom is -0.262 e. The molecule has 3 rings (SSSR count). The number of hydrogen-bond donors (Lipinski definition) is 0. The predicted molar refractivity (Wildman–Crippen MR) is 67.5 cm³/mol. The van der Waals surface area contributed by atoms with Gasteiger partial charge < -0.3 is 0 Å². The highest BCUT2D eigenvalue weighted by Gasteiger charge is 2.06. The van der Waals surface area contributed by atoms with E-state index in [9.17, 15) is 0 Å². The quantitative estimate of drug-likeness (QED) is 0.676. The predicted octanol–water partition coefficient (Wildman–Crippen LogP) is 0.887. The first-order valence-electron chi connectivity index (χ1n) is 6.05. The van der Waals surface area contributed by atoms with Crippen LogP contribution in [0.1, 0.15) is 12.2 Å². The second-order valence-corrected chi connectivity index (χ2v) is 4.06. The Kier molecular flexibility index (Phi) is 3.26. The fourth-order valence-electron chi connectivity index (χ4n) is 1.88. The van der Waals surface area contributed by atoms with E-state index < -0.39 is 0 Å². The number of pyridine rings is 1. The highest BCUT2D eigenvalue weighted by atomic mass is 15.3. The van der Waals surface area contributed by atoms with Crippen molar-refractivity contribution in [3.05, 3.63) is 49.3 Å². The summed E-state index contributed by atoms with van der Waals surface area (Å²) in [6.07, 6.45) is 10.1. The van der Waals surface area contributed by atoms with Gasteiger partial charge in [0, 0.05) is 19.2 Å². The third kappa shape index (κ3) is 2.65. The zero-order valence-corrected chi connectivity index (χ0v) is 10.3. The normalized spacial score (nSPS) is 10.7. The molecule has 0 spiro atoms. The molecular weight excluding hydrogens is 242 g/mol. The lowest BCUT2D eigenvalue weighted by Gasteiger charge is -2.05. The molecule has 3 aromatic heterocycles. The Morgan fingerprint density at radius 2 is 2.11 bits per heavy atom. The number of rotatable bonds is 5. The van der Waals surface area contributed by atoms with Gasteiger partial charge in [-0.05, 0) is 18.6 Å². The lowest BCUT2D eigenvalue weighted by atomic mass is 10.3. The Hall–Kier alpha value is -2.57. The Bertz CT molecular complexity index is 615. The van der Waals surface area contributed by atoms with Gasteiger partial charge in [0.05, 0.1) is 11.9 Å². The van der Waals surface area contributed by atoms with Crippen LogP contribution in [0.5, 0.6) is 0 Å². The maximum absolute atomic E-state index is 4.29. The van der Waals surface area contributed by atoms with E-state index in [4.69, 9.17) is 0 Å². The summed E-state index contributed by atoms with van der Waals surface area (Å²) >= 11 is 0. The molecule has 0 N–H and O–H groups in total. The molecule has 0 unspecified atom stereocenters. The fourth-order valence-corrected chi connectivity index (χ4v) is 1.88. The molecule has 0 aliphatic rings. The summed E-state index contributed by atoms with van der Waals surface area (Å²) in [7, 11) is 0. The summed E-state index contributed by atoms with van der Waals surface area (Å²) in [6, 6.07) is 3.85. The number of nitrogens with zero attached hydrogens (tertiary/aromatic N) is 7. The topological polar surface area (TPSA) is 74.3 Å². The van der Waals surface area contributed by atoms with Crippen LogP contribution < -0.4 is 0 Å². The van der Waals surface area contributed by atoms with Gasteiger partial charge in [-0.25, -0.2) is 14.6 Å². The number of hydrogen-bond acceptors (Lipinski definition) is 5. The molecule has 7 nitrogen and oxygen atoms in total. The average Bonchev–Trinajstić information content (AvgIpc) is 3.11. The van der Waals surface area contributed by atoms with E-state index in [1.165, 1.54) is 6.33 Å². The van der Waals surface area contributed by atoms with Crippen LogP contribution in [0.25, 0.3) is 5.69 Å². The van der Waals surface area contributed by atoms with Gasteiger partial charge in [0.25, 0.3) is 0 Å². The van der Waals surface area contributed by atoms with Gasteiger partial charge in [-0.1, -0.05) is 0 Å². The summed E-state index contributed by atoms with van der Waals surface area (Å²) in [5.41, 5.74) is 0.927. The Balaban J connectivity index is 1.67. The molecule has 96 valence electrons. The lowest BCUT2D eigenvalue weighted by Crippen LogP contribution is -2.06. The molecule has 3 heterocycles. The third-order valence-corrected chi connectivity index (χ3v) is 2.76. The largest absolute Gasteiger partial charge is 0.262 e. The van der Waals surface area contributed by atoms with Crippen molar-refractivity contribution in [2.75, 3.05) is 0 Å². The first-order chi connectivity index (χ1) is 9.43. The third-order valence-electron chi connectivity index (χ3n) is 2.76. The summed E-state index contributed by atoms with van der Waals surface area (Å²) in [5.74, 6) is 0.924. The molecular formula is C12H13N7. The molecule has 0 bridgehead atoms. The van der Waals surface area contributed by atoms with Crippen LogP contribution in [0, 0.1) is 0 Å². The van der Waals surface area contributed by atoms with Crippen LogP contribution in [0.4, 0.5) is 0 Å². The van der Waals surface area contributed by atoms with E-state index >= 15 is 0 Å². The van der Waals surface area contributed by atoms with Crippen molar-refractivity contribution in [2.45, 2.75) is 19.4 Å². The zero-order chi connectivity index (χ0) is 12.9. The van der Waals surface area contributed by atoms with Gasteiger partial charge >= 0.3 is 0 Å². The molecule has 3 aromatic rings. The van der Waals surface area contributed by atoms with Crippen molar-refractivity contribution in [3.8, 4) is 5.69 Å². The molecule has 0 aliphatic carbocycles. The number of aryl methyl sites for hydroxylation is 2. The smallest absolute Gasteiger partial charge is 0.138 e.